The van der Waals surface area contributed by atoms with Gasteiger partial charge in [-0.1, -0.05) is 91.2 Å². The Labute approximate surface area is 251 Å². The smallest absolute Gasteiger partial charge is 0.306 e. The van der Waals surface area contributed by atoms with E-state index >= 15 is 0 Å². The predicted octanol–water partition coefficient (Wildman–Crippen LogP) is 10.1. The number of unbranched alkanes of at least 4 members (excludes halogenated alkanes) is 5. The normalized spacial score (nSPS) is 35.3. The van der Waals surface area contributed by atoms with E-state index in [4.69, 9.17) is 9.84 Å². The molecule has 1 N–H and O–H groups in total. The molecule has 4 aliphatic rings. The second-order valence-electron chi connectivity index (χ2n) is 15.7. The average molecular weight is 571 g/mol. The molecule has 4 heteroatoms. The van der Waals surface area contributed by atoms with Crippen molar-refractivity contribution in [3.63, 3.8) is 0 Å². The zero-order valence-electron chi connectivity index (χ0n) is 27.2. The standard InChI is InChI=1S/C37H62O4/c1-26(2)13-12-14-27(3)31-19-20-32-30-18-17-28-25-29(21-23-36(28,4)33(30)22-24-37(31,32)5)41-35(40)16-11-9-7-6-8-10-15-34(38)39/h17,26-27,29-33H,6-16,18-25H2,1-5H3,(H,38,39)/t27-,29?,30+,31-,32+,33+,36+,37-/m1/s1. The number of carbonyl (C=O) groups excluding carboxylic acids is 1. The first-order valence-corrected chi connectivity index (χ1v) is 17.7. The van der Waals surface area contributed by atoms with Crippen LogP contribution < -0.4 is 0 Å². The third-order valence-electron chi connectivity index (χ3n) is 12.6. The Bertz CT molecular complexity index is 907. The Morgan fingerprint density at radius 2 is 1.59 bits per heavy atom. The minimum absolute atomic E-state index is 0.0216. The molecule has 0 aromatic heterocycles. The fraction of sp³-hybridized carbons (Fsp3) is 0.892. The fourth-order valence-electron chi connectivity index (χ4n) is 10.3. The lowest BCUT2D eigenvalue weighted by molar-refractivity contribution is -0.151. The molecule has 41 heavy (non-hydrogen) atoms. The molecule has 0 heterocycles. The molecule has 8 atom stereocenters. The topological polar surface area (TPSA) is 63.6 Å². The lowest BCUT2D eigenvalue weighted by Crippen LogP contribution is -2.51. The van der Waals surface area contributed by atoms with Gasteiger partial charge in [0.15, 0.2) is 0 Å². The van der Waals surface area contributed by atoms with Crippen LogP contribution in [0.3, 0.4) is 0 Å². The number of hydrogen-bond acceptors (Lipinski definition) is 3. The van der Waals surface area contributed by atoms with E-state index in [2.05, 4.69) is 40.7 Å². The SMILES string of the molecule is CC(C)CCC[C@@H](C)[C@H]1CC[C@H]2[C@@H]3CC=C4CC(OC(=O)CCCCCCCCC(=O)O)CC[C@]4(C)[C@H]3CC[C@]12C. The van der Waals surface area contributed by atoms with Gasteiger partial charge in [-0.15, -0.1) is 0 Å². The number of hydrogen-bond donors (Lipinski definition) is 1. The summed E-state index contributed by atoms with van der Waals surface area (Å²) in [7, 11) is 0. The van der Waals surface area contributed by atoms with Crippen LogP contribution >= 0.6 is 0 Å². The maximum absolute atomic E-state index is 12.6. The van der Waals surface area contributed by atoms with Gasteiger partial charge in [0, 0.05) is 19.3 Å². The Hall–Kier alpha value is -1.32. The first-order valence-electron chi connectivity index (χ1n) is 17.7. The number of aliphatic carboxylic acids is 1. The molecule has 3 fully saturated rings. The molecule has 4 rings (SSSR count). The molecule has 234 valence electrons. The van der Waals surface area contributed by atoms with E-state index in [9.17, 15) is 9.59 Å². The Morgan fingerprint density at radius 1 is 0.878 bits per heavy atom. The predicted molar refractivity (Wildman–Crippen MR) is 167 cm³/mol. The summed E-state index contributed by atoms with van der Waals surface area (Å²) in [5.74, 6) is 4.41. The zero-order valence-corrected chi connectivity index (χ0v) is 27.2. The van der Waals surface area contributed by atoms with Crippen molar-refractivity contribution in [1.82, 2.24) is 0 Å². The molecule has 0 aromatic rings. The summed E-state index contributed by atoms with van der Waals surface area (Å²) >= 11 is 0. The summed E-state index contributed by atoms with van der Waals surface area (Å²) in [6, 6.07) is 0. The summed E-state index contributed by atoms with van der Waals surface area (Å²) in [6.07, 6.45) is 23.5. The van der Waals surface area contributed by atoms with Gasteiger partial charge in [0.25, 0.3) is 0 Å². The maximum atomic E-state index is 12.6. The molecular formula is C37H62O4. The Morgan fingerprint density at radius 3 is 2.29 bits per heavy atom. The highest BCUT2D eigenvalue weighted by Crippen LogP contribution is 2.67. The number of carbonyl (C=O) groups is 2. The summed E-state index contributed by atoms with van der Waals surface area (Å²) in [6.45, 7) is 12.5. The molecule has 0 aromatic carbocycles. The van der Waals surface area contributed by atoms with Crippen molar-refractivity contribution in [1.29, 1.82) is 0 Å². The van der Waals surface area contributed by atoms with E-state index in [1.54, 1.807) is 5.57 Å². The van der Waals surface area contributed by atoms with Crippen LogP contribution in [-0.2, 0) is 14.3 Å². The molecule has 3 saturated carbocycles. The first-order chi connectivity index (χ1) is 19.5. The van der Waals surface area contributed by atoms with Crippen LogP contribution in [0.5, 0.6) is 0 Å². The number of carboxylic acid groups (broad SMARTS) is 1. The molecule has 4 nitrogen and oxygen atoms in total. The van der Waals surface area contributed by atoms with Gasteiger partial charge in [0.1, 0.15) is 6.10 Å². The number of fused-ring (bicyclic) bond motifs is 5. The minimum atomic E-state index is -0.707. The van der Waals surface area contributed by atoms with Crippen molar-refractivity contribution in [2.75, 3.05) is 0 Å². The number of rotatable bonds is 15. The van der Waals surface area contributed by atoms with Gasteiger partial charge < -0.3 is 9.84 Å². The van der Waals surface area contributed by atoms with Crippen LogP contribution in [0.1, 0.15) is 157 Å². The molecule has 1 unspecified atom stereocenters. The van der Waals surface area contributed by atoms with Gasteiger partial charge in [-0.3, -0.25) is 9.59 Å². The molecule has 0 aliphatic heterocycles. The van der Waals surface area contributed by atoms with Crippen molar-refractivity contribution in [2.24, 2.45) is 46.3 Å². The summed E-state index contributed by atoms with van der Waals surface area (Å²) in [4.78, 5) is 23.2. The van der Waals surface area contributed by atoms with Gasteiger partial charge in [-0.25, -0.2) is 0 Å². The molecule has 4 aliphatic carbocycles. The van der Waals surface area contributed by atoms with E-state index in [0.29, 0.717) is 17.3 Å². The molecule has 0 spiro atoms. The van der Waals surface area contributed by atoms with Gasteiger partial charge >= 0.3 is 11.9 Å². The van der Waals surface area contributed by atoms with Gasteiger partial charge in [0.2, 0.25) is 0 Å². The maximum Gasteiger partial charge on any atom is 0.306 e. The van der Waals surface area contributed by atoms with Gasteiger partial charge in [0.05, 0.1) is 0 Å². The Balaban J connectivity index is 1.24. The van der Waals surface area contributed by atoms with E-state index in [0.717, 1.165) is 86.9 Å². The highest BCUT2D eigenvalue weighted by atomic mass is 16.5. The third-order valence-corrected chi connectivity index (χ3v) is 12.6. The molecule has 0 bridgehead atoms. The van der Waals surface area contributed by atoms with Crippen LogP contribution in [0.2, 0.25) is 0 Å². The minimum Gasteiger partial charge on any atom is -0.481 e. The van der Waals surface area contributed by atoms with Crippen molar-refractivity contribution < 1.29 is 19.4 Å². The van der Waals surface area contributed by atoms with Gasteiger partial charge in [-0.05, 0) is 104 Å². The first kappa shape index (κ1) is 32.6. The summed E-state index contributed by atoms with van der Waals surface area (Å²) < 4.78 is 6.02. The van der Waals surface area contributed by atoms with E-state index in [1.807, 2.05) is 0 Å². The largest absolute Gasteiger partial charge is 0.481 e. The van der Waals surface area contributed by atoms with Crippen molar-refractivity contribution in [2.45, 2.75) is 163 Å². The third kappa shape index (κ3) is 7.80. The van der Waals surface area contributed by atoms with Gasteiger partial charge in [-0.2, -0.15) is 0 Å². The number of ether oxygens (including phenoxy) is 1. The van der Waals surface area contributed by atoms with E-state index in [-0.39, 0.29) is 18.5 Å². The van der Waals surface area contributed by atoms with E-state index < -0.39 is 5.97 Å². The second kappa shape index (κ2) is 14.4. The lowest BCUT2D eigenvalue weighted by Gasteiger charge is -2.58. The number of allylic oxidation sites excluding steroid dienone is 1. The molecule has 0 amide bonds. The average Bonchev–Trinajstić information content (AvgIpc) is 3.27. The fourth-order valence-corrected chi connectivity index (χ4v) is 10.3. The van der Waals surface area contributed by atoms with Crippen LogP contribution in [-0.4, -0.2) is 23.1 Å². The summed E-state index contributed by atoms with van der Waals surface area (Å²) in [5, 5.41) is 8.73. The van der Waals surface area contributed by atoms with Crippen LogP contribution in [0.15, 0.2) is 11.6 Å². The quantitative estimate of drug-likeness (QED) is 0.121. The number of esters is 1. The zero-order chi connectivity index (χ0) is 29.6. The van der Waals surface area contributed by atoms with Crippen LogP contribution in [0, 0.1) is 46.3 Å². The molecule has 0 saturated heterocycles. The number of carboxylic acids is 1. The highest BCUT2D eigenvalue weighted by molar-refractivity contribution is 5.69. The second-order valence-corrected chi connectivity index (χ2v) is 15.7. The Kier molecular flexibility index (Phi) is 11.5. The molecule has 0 radical (unpaired) electrons. The highest BCUT2D eigenvalue weighted by Gasteiger charge is 2.59. The van der Waals surface area contributed by atoms with Crippen molar-refractivity contribution in [3.8, 4) is 0 Å². The molecular weight excluding hydrogens is 508 g/mol. The monoisotopic (exact) mass is 570 g/mol. The summed E-state index contributed by atoms with van der Waals surface area (Å²) in [5.41, 5.74) is 2.43. The van der Waals surface area contributed by atoms with Crippen molar-refractivity contribution >= 4 is 11.9 Å². The van der Waals surface area contributed by atoms with Crippen LogP contribution in [0.25, 0.3) is 0 Å². The van der Waals surface area contributed by atoms with E-state index in [1.165, 1.54) is 57.8 Å². The lowest BCUT2D eigenvalue weighted by atomic mass is 9.47. The van der Waals surface area contributed by atoms with Crippen LogP contribution in [0.4, 0.5) is 0 Å². The van der Waals surface area contributed by atoms with Crippen molar-refractivity contribution in [3.05, 3.63) is 11.6 Å².